The van der Waals surface area contributed by atoms with E-state index in [1.54, 1.807) is 39.8 Å². The molecule has 0 bridgehead atoms. The molecular weight excluding hydrogens is 436 g/mol. The number of fused-ring (bicyclic) bond motifs is 2. The molecule has 6 nitrogen and oxygen atoms in total. The highest BCUT2D eigenvalue weighted by Gasteiger charge is 2.51. The molecule has 2 amide bonds. The van der Waals surface area contributed by atoms with E-state index < -0.39 is 6.04 Å². The minimum Gasteiger partial charge on any atom is -0.314 e. The number of rotatable bonds is 4. The van der Waals surface area contributed by atoms with E-state index in [1.165, 1.54) is 10.4 Å². The molecule has 0 radical (unpaired) electrons. The summed E-state index contributed by atoms with van der Waals surface area (Å²) >= 11 is 4.93. The Morgan fingerprint density at radius 2 is 2.17 bits per heavy atom. The number of aromatic nitrogens is 1. The molecule has 0 spiro atoms. The molecule has 2 atom stereocenters. The number of benzene rings is 1. The summed E-state index contributed by atoms with van der Waals surface area (Å²) in [6, 6.07) is 10.1. The van der Waals surface area contributed by atoms with Crippen molar-refractivity contribution >= 4 is 51.8 Å². The average Bonchev–Trinajstić information content (AvgIpc) is 3.29. The predicted molar refractivity (Wildman–Crippen MR) is 124 cm³/mol. The topological polar surface area (TPSA) is 65.5 Å². The zero-order chi connectivity index (χ0) is 20.7. The van der Waals surface area contributed by atoms with Gasteiger partial charge in [-0.2, -0.15) is 0 Å². The molecule has 2 aromatic rings. The highest BCUT2D eigenvalue weighted by Crippen LogP contribution is 2.44. The Hall–Kier alpha value is -1.55. The normalized spacial score (nSPS) is 26.4. The van der Waals surface area contributed by atoms with Gasteiger partial charge in [0.15, 0.2) is 5.13 Å². The van der Waals surface area contributed by atoms with Gasteiger partial charge in [0.25, 0.3) is 0 Å². The molecule has 0 aliphatic carbocycles. The Morgan fingerprint density at radius 3 is 3.00 bits per heavy atom. The molecule has 3 aliphatic rings. The molecule has 4 heterocycles. The molecule has 1 aromatic heterocycles. The number of carbonyl (C=O) groups excluding carboxylic acids is 2. The van der Waals surface area contributed by atoms with Crippen molar-refractivity contribution < 1.29 is 9.59 Å². The standard InChI is InChI=1S/C21H24N4O2S3/c1-21-13-28-12-18(26)25(21)16(11-29-21)19(27)23-20-22-15-7-8-24(10-17(15)30-20)9-14-5-3-2-4-6-14/h2-6,16H,7-13H2,1H3,(H,22,23,27). The van der Waals surface area contributed by atoms with Gasteiger partial charge in [-0.3, -0.25) is 14.5 Å². The van der Waals surface area contributed by atoms with Crippen LogP contribution in [0.3, 0.4) is 0 Å². The van der Waals surface area contributed by atoms with Gasteiger partial charge in [-0.25, -0.2) is 4.98 Å². The highest BCUT2D eigenvalue weighted by atomic mass is 32.2. The van der Waals surface area contributed by atoms with Crippen molar-refractivity contribution in [1.82, 2.24) is 14.8 Å². The molecule has 158 valence electrons. The lowest BCUT2D eigenvalue weighted by molar-refractivity contribution is -0.138. The summed E-state index contributed by atoms with van der Waals surface area (Å²) in [5.41, 5.74) is 2.40. The van der Waals surface area contributed by atoms with Crippen LogP contribution in [0.15, 0.2) is 30.3 Å². The monoisotopic (exact) mass is 460 g/mol. The number of thioether (sulfide) groups is 2. The van der Waals surface area contributed by atoms with Gasteiger partial charge in [-0.15, -0.1) is 34.9 Å². The molecule has 1 aromatic carbocycles. The summed E-state index contributed by atoms with van der Waals surface area (Å²) in [5, 5.41) is 3.67. The molecule has 0 saturated carbocycles. The van der Waals surface area contributed by atoms with Gasteiger partial charge in [0.1, 0.15) is 6.04 Å². The predicted octanol–water partition coefficient (Wildman–Crippen LogP) is 3.05. The highest BCUT2D eigenvalue weighted by molar-refractivity contribution is 8.04. The van der Waals surface area contributed by atoms with E-state index in [0.29, 0.717) is 16.6 Å². The van der Waals surface area contributed by atoms with Gasteiger partial charge in [0.05, 0.1) is 16.3 Å². The lowest BCUT2D eigenvalue weighted by atomic mass is 10.1. The van der Waals surface area contributed by atoms with E-state index >= 15 is 0 Å². The number of hydrogen-bond donors (Lipinski definition) is 1. The van der Waals surface area contributed by atoms with Gasteiger partial charge in [-0.05, 0) is 12.5 Å². The first-order chi connectivity index (χ1) is 14.5. The molecule has 2 saturated heterocycles. The minimum atomic E-state index is -0.413. The lowest BCUT2D eigenvalue weighted by Gasteiger charge is -2.40. The summed E-state index contributed by atoms with van der Waals surface area (Å²) in [6.07, 6.45) is 0.897. The lowest BCUT2D eigenvalue weighted by Crippen LogP contribution is -2.56. The van der Waals surface area contributed by atoms with E-state index in [1.807, 2.05) is 6.07 Å². The molecule has 5 rings (SSSR count). The summed E-state index contributed by atoms with van der Waals surface area (Å²) in [4.78, 5) is 35.4. The number of thiazole rings is 1. The molecule has 3 aliphatic heterocycles. The zero-order valence-electron chi connectivity index (χ0n) is 16.8. The fourth-order valence-electron chi connectivity index (χ4n) is 4.34. The third-order valence-electron chi connectivity index (χ3n) is 5.83. The van der Waals surface area contributed by atoms with Gasteiger partial charge < -0.3 is 10.2 Å². The summed E-state index contributed by atoms with van der Waals surface area (Å²) in [5.74, 6) is 1.93. The Kier molecular flexibility index (Phi) is 5.55. The number of carbonyl (C=O) groups is 2. The smallest absolute Gasteiger partial charge is 0.249 e. The van der Waals surface area contributed by atoms with Crippen molar-refractivity contribution in [2.24, 2.45) is 0 Å². The van der Waals surface area contributed by atoms with E-state index in [-0.39, 0.29) is 16.7 Å². The first-order valence-corrected chi connectivity index (χ1v) is 13.1. The Labute approximate surface area is 188 Å². The van der Waals surface area contributed by atoms with Crippen molar-refractivity contribution in [1.29, 1.82) is 0 Å². The zero-order valence-corrected chi connectivity index (χ0v) is 19.2. The first kappa shape index (κ1) is 20.4. The maximum atomic E-state index is 13.0. The van der Waals surface area contributed by atoms with Crippen LogP contribution in [0.2, 0.25) is 0 Å². The summed E-state index contributed by atoms with van der Waals surface area (Å²) in [7, 11) is 0. The van der Waals surface area contributed by atoms with E-state index in [0.717, 1.165) is 37.5 Å². The van der Waals surface area contributed by atoms with Crippen molar-refractivity contribution in [2.45, 2.75) is 37.3 Å². The van der Waals surface area contributed by atoms with Gasteiger partial charge in [0.2, 0.25) is 11.8 Å². The van der Waals surface area contributed by atoms with E-state index in [2.05, 4.69) is 46.4 Å². The number of nitrogens with one attached hydrogen (secondary N) is 1. The van der Waals surface area contributed by atoms with Crippen LogP contribution in [0.4, 0.5) is 5.13 Å². The van der Waals surface area contributed by atoms with Crippen LogP contribution in [0, 0.1) is 0 Å². The van der Waals surface area contributed by atoms with Gasteiger partial charge >= 0.3 is 0 Å². The second kappa shape index (κ2) is 8.18. The third-order valence-corrected chi connectivity index (χ3v) is 9.67. The largest absolute Gasteiger partial charge is 0.314 e. The van der Waals surface area contributed by atoms with Crippen LogP contribution in [-0.2, 0) is 29.1 Å². The van der Waals surface area contributed by atoms with Crippen molar-refractivity contribution in [3.05, 3.63) is 46.5 Å². The first-order valence-electron chi connectivity index (χ1n) is 10.1. The number of anilines is 1. The van der Waals surface area contributed by atoms with Crippen LogP contribution < -0.4 is 5.32 Å². The van der Waals surface area contributed by atoms with Crippen molar-refractivity contribution in [3.8, 4) is 0 Å². The molecule has 2 fully saturated rings. The molecular formula is C21H24N4O2S3. The number of hydrogen-bond acceptors (Lipinski definition) is 7. The van der Waals surface area contributed by atoms with Crippen molar-refractivity contribution in [3.63, 3.8) is 0 Å². The van der Waals surface area contributed by atoms with Crippen LogP contribution in [0.1, 0.15) is 23.1 Å². The van der Waals surface area contributed by atoms with Crippen LogP contribution in [0.25, 0.3) is 0 Å². The SMILES string of the molecule is CC12CSCC(=O)N1C(C(=O)Nc1nc3c(s1)CN(Cc1ccccc1)CC3)CS2. The maximum absolute atomic E-state index is 13.0. The third kappa shape index (κ3) is 3.88. The second-order valence-electron chi connectivity index (χ2n) is 8.08. The number of amides is 2. The number of nitrogens with zero attached hydrogens (tertiary/aromatic N) is 3. The molecule has 1 N–H and O–H groups in total. The van der Waals surface area contributed by atoms with Crippen LogP contribution in [0.5, 0.6) is 0 Å². The van der Waals surface area contributed by atoms with E-state index in [9.17, 15) is 9.59 Å². The second-order valence-corrected chi connectivity index (χ2v) is 11.7. The Bertz CT molecular complexity index is 966. The fourth-order valence-corrected chi connectivity index (χ4v) is 8.09. The molecule has 9 heteroatoms. The molecule has 2 unspecified atom stereocenters. The summed E-state index contributed by atoms with van der Waals surface area (Å²) in [6.45, 7) is 4.82. The van der Waals surface area contributed by atoms with Crippen LogP contribution >= 0.6 is 34.9 Å². The van der Waals surface area contributed by atoms with E-state index in [4.69, 9.17) is 0 Å². The van der Waals surface area contributed by atoms with Gasteiger partial charge in [0, 0.05) is 42.4 Å². The molecule has 30 heavy (non-hydrogen) atoms. The average molecular weight is 461 g/mol. The van der Waals surface area contributed by atoms with Crippen molar-refractivity contribution in [2.75, 3.05) is 29.1 Å². The fraction of sp³-hybridized carbons (Fsp3) is 0.476. The van der Waals surface area contributed by atoms with Crippen LogP contribution in [-0.4, -0.2) is 61.3 Å². The Morgan fingerprint density at radius 1 is 1.33 bits per heavy atom. The Balaban J connectivity index is 1.25. The summed E-state index contributed by atoms with van der Waals surface area (Å²) < 4.78 is 0. The minimum absolute atomic E-state index is 0.0638. The van der Waals surface area contributed by atoms with Gasteiger partial charge in [-0.1, -0.05) is 30.3 Å². The maximum Gasteiger partial charge on any atom is 0.249 e. The quantitative estimate of drug-likeness (QED) is 0.757.